The van der Waals surface area contributed by atoms with Crippen LogP contribution in [0.3, 0.4) is 0 Å². The van der Waals surface area contributed by atoms with Gasteiger partial charge < -0.3 is 19.5 Å². The Morgan fingerprint density at radius 3 is 2.57 bits per heavy atom. The third-order valence-electron chi connectivity index (χ3n) is 4.39. The van der Waals surface area contributed by atoms with Crippen LogP contribution in [0.1, 0.15) is 23.2 Å². The average Bonchev–Trinajstić information content (AvgIpc) is 3.09. The van der Waals surface area contributed by atoms with E-state index in [9.17, 15) is 18.0 Å². The van der Waals surface area contributed by atoms with Gasteiger partial charge in [-0.3, -0.25) is 9.78 Å². The summed E-state index contributed by atoms with van der Waals surface area (Å²) in [5, 5.41) is 7.12. The van der Waals surface area contributed by atoms with Gasteiger partial charge in [-0.1, -0.05) is 6.08 Å². The van der Waals surface area contributed by atoms with Crippen LogP contribution in [0.5, 0.6) is 0 Å². The maximum Gasteiger partial charge on any atom is 0.490 e. The summed E-state index contributed by atoms with van der Waals surface area (Å²) in [5.74, 6) is -2.70. The Hall–Kier alpha value is -2.46. The molecule has 2 fully saturated rings. The first-order valence-corrected chi connectivity index (χ1v) is 8.61. The van der Waals surface area contributed by atoms with Crippen LogP contribution in [0.25, 0.3) is 0 Å². The lowest BCUT2D eigenvalue weighted by Gasteiger charge is -2.39. The number of carboxylic acid groups (broad SMARTS) is 1. The molecule has 1 aromatic rings. The average molecular weight is 402 g/mol. The molecule has 1 aliphatic carbocycles. The van der Waals surface area contributed by atoms with Crippen molar-refractivity contribution in [1.82, 2.24) is 9.88 Å². The molecule has 1 saturated heterocycles. The Morgan fingerprint density at radius 2 is 2.00 bits per heavy atom. The number of carbonyl (C=O) groups is 2. The molecular formula is C18H21F3N2O5. The molecule has 1 aliphatic heterocycles. The molecule has 0 aromatic carbocycles. The number of ether oxygens (including phenoxy) is 2. The van der Waals surface area contributed by atoms with Gasteiger partial charge in [-0.2, -0.15) is 13.2 Å². The van der Waals surface area contributed by atoms with Crippen molar-refractivity contribution in [3.63, 3.8) is 0 Å². The van der Waals surface area contributed by atoms with Gasteiger partial charge in [0.2, 0.25) is 0 Å². The first-order valence-electron chi connectivity index (χ1n) is 8.61. The lowest BCUT2D eigenvalue weighted by molar-refractivity contribution is -0.192. The van der Waals surface area contributed by atoms with Gasteiger partial charge in [0.25, 0.3) is 5.91 Å². The van der Waals surface area contributed by atoms with Crippen molar-refractivity contribution < 1.29 is 37.3 Å². The minimum absolute atomic E-state index is 0.0236. The number of hydrogen-bond donors (Lipinski definition) is 1. The Bertz CT molecular complexity index is 684. The van der Waals surface area contributed by atoms with E-state index in [2.05, 4.69) is 11.6 Å². The third kappa shape index (κ3) is 5.52. The minimum Gasteiger partial charge on any atom is -0.475 e. The van der Waals surface area contributed by atoms with Crippen LogP contribution in [-0.2, 0) is 14.3 Å². The van der Waals surface area contributed by atoms with E-state index in [0.29, 0.717) is 25.3 Å². The fourth-order valence-corrected chi connectivity index (χ4v) is 3.20. The molecule has 1 saturated carbocycles. The van der Waals surface area contributed by atoms with Crippen molar-refractivity contribution in [3.8, 4) is 0 Å². The van der Waals surface area contributed by atoms with Crippen LogP contribution in [0.15, 0.2) is 37.2 Å². The van der Waals surface area contributed by atoms with Gasteiger partial charge >= 0.3 is 12.1 Å². The predicted molar refractivity (Wildman–Crippen MR) is 91.7 cm³/mol. The van der Waals surface area contributed by atoms with E-state index in [1.807, 2.05) is 4.90 Å². The zero-order valence-electron chi connectivity index (χ0n) is 15.0. The molecule has 2 aliphatic rings. The first-order chi connectivity index (χ1) is 13.3. The van der Waals surface area contributed by atoms with E-state index in [1.165, 1.54) is 0 Å². The molecule has 7 nitrogen and oxygen atoms in total. The second-order valence-electron chi connectivity index (χ2n) is 6.18. The van der Waals surface area contributed by atoms with Gasteiger partial charge in [0.1, 0.15) is 6.10 Å². The highest BCUT2D eigenvalue weighted by Gasteiger charge is 2.45. The van der Waals surface area contributed by atoms with Crippen molar-refractivity contribution >= 4 is 11.9 Å². The van der Waals surface area contributed by atoms with Gasteiger partial charge in [-0.15, -0.1) is 6.58 Å². The van der Waals surface area contributed by atoms with Gasteiger partial charge in [0.15, 0.2) is 0 Å². The van der Waals surface area contributed by atoms with Crippen molar-refractivity contribution in [1.29, 1.82) is 0 Å². The normalized spacial score (nSPS) is 24.0. The smallest absolute Gasteiger partial charge is 0.475 e. The number of hydrogen-bond acceptors (Lipinski definition) is 5. The van der Waals surface area contributed by atoms with Crippen LogP contribution in [0.2, 0.25) is 0 Å². The first kappa shape index (κ1) is 21.8. The van der Waals surface area contributed by atoms with Crippen molar-refractivity contribution in [3.05, 3.63) is 42.7 Å². The van der Waals surface area contributed by atoms with E-state index in [4.69, 9.17) is 19.4 Å². The summed E-state index contributed by atoms with van der Waals surface area (Å²) in [6.07, 6.45) is 1.83. The molecule has 0 bridgehead atoms. The topological polar surface area (TPSA) is 89.0 Å². The number of rotatable bonds is 4. The van der Waals surface area contributed by atoms with Crippen molar-refractivity contribution in [2.24, 2.45) is 0 Å². The number of carboxylic acids is 1. The SMILES string of the molecule is C=CCO[C@@H]1CC[C@H]2[C@H]1OCCN2C(=O)c1ccncc1.O=C(O)C(F)(F)F. The number of morpholine rings is 1. The molecule has 2 heterocycles. The molecule has 154 valence electrons. The van der Waals surface area contributed by atoms with E-state index in [1.54, 1.807) is 30.6 Å². The summed E-state index contributed by atoms with van der Waals surface area (Å²) in [6.45, 7) is 5.39. The van der Waals surface area contributed by atoms with E-state index in [0.717, 1.165) is 12.8 Å². The van der Waals surface area contributed by atoms with Crippen LogP contribution >= 0.6 is 0 Å². The quantitative estimate of drug-likeness (QED) is 0.778. The highest BCUT2D eigenvalue weighted by molar-refractivity contribution is 5.94. The zero-order valence-corrected chi connectivity index (χ0v) is 15.0. The molecule has 3 atom stereocenters. The number of aliphatic carboxylic acids is 1. The van der Waals surface area contributed by atoms with E-state index < -0.39 is 12.1 Å². The maximum atomic E-state index is 12.6. The number of aromatic nitrogens is 1. The number of amides is 1. The summed E-state index contributed by atoms with van der Waals surface area (Å²) < 4.78 is 43.4. The minimum atomic E-state index is -5.08. The Balaban J connectivity index is 0.000000345. The molecule has 0 spiro atoms. The second kappa shape index (κ2) is 9.65. The molecule has 1 N–H and O–H groups in total. The predicted octanol–water partition coefficient (Wildman–Crippen LogP) is 2.29. The zero-order chi connectivity index (χ0) is 20.7. The Labute approximate surface area is 159 Å². The summed E-state index contributed by atoms with van der Waals surface area (Å²) in [7, 11) is 0. The van der Waals surface area contributed by atoms with Crippen LogP contribution < -0.4 is 0 Å². The highest BCUT2D eigenvalue weighted by atomic mass is 19.4. The number of halogens is 3. The summed E-state index contributed by atoms with van der Waals surface area (Å²) in [4.78, 5) is 27.4. The molecule has 1 amide bonds. The van der Waals surface area contributed by atoms with E-state index >= 15 is 0 Å². The lowest BCUT2D eigenvalue weighted by atomic mass is 10.1. The fourth-order valence-electron chi connectivity index (χ4n) is 3.20. The molecule has 1 aromatic heterocycles. The van der Waals surface area contributed by atoms with Crippen LogP contribution in [0.4, 0.5) is 13.2 Å². The Kier molecular flexibility index (Phi) is 7.53. The summed E-state index contributed by atoms with van der Waals surface area (Å²) in [6, 6.07) is 3.62. The van der Waals surface area contributed by atoms with Crippen LogP contribution in [0, 0.1) is 0 Å². The van der Waals surface area contributed by atoms with Gasteiger partial charge in [0.05, 0.1) is 25.4 Å². The molecular weight excluding hydrogens is 381 g/mol. The molecule has 0 radical (unpaired) electrons. The second-order valence-corrected chi connectivity index (χ2v) is 6.18. The van der Waals surface area contributed by atoms with Crippen molar-refractivity contribution in [2.45, 2.75) is 37.3 Å². The molecule has 0 unspecified atom stereocenters. The van der Waals surface area contributed by atoms with Gasteiger partial charge in [-0.25, -0.2) is 4.79 Å². The largest absolute Gasteiger partial charge is 0.490 e. The summed E-state index contributed by atoms with van der Waals surface area (Å²) >= 11 is 0. The number of alkyl halides is 3. The standard InChI is InChI=1S/C16H20N2O3.C2HF3O2/c1-2-10-20-14-4-3-13-15(14)21-11-9-18(13)16(19)12-5-7-17-8-6-12;3-2(4,5)1(6)7/h2,5-8,13-15H,1,3-4,9-11H2;(H,6,7)/t13-,14+,15+;/m0./s1. The maximum absolute atomic E-state index is 12.6. The van der Waals surface area contributed by atoms with Gasteiger partial charge in [0, 0.05) is 24.5 Å². The molecule has 10 heteroatoms. The number of fused-ring (bicyclic) bond motifs is 1. The molecule has 3 rings (SSSR count). The fraction of sp³-hybridized carbons (Fsp3) is 0.500. The van der Waals surface area contributed by atoms with E-state index in [-0.39, 0.29) is 24.2 Å². The highest BCUT2D eigenvalue weighted by Crippen LogP contribution is 2.32. The monoisotopic (exact) mass is 402 g/mol. The van der Waals surface area contributed by atoms with Crippen LogP contribution in [-0.4, -0.2) is 71.1 Å². The van der Waals surface area contributed by atoms with Gasteiger partial charge in [-0.05, 0) is 25.0 Å². The third-order valence-corrected chi connectivity index (χ3v) is 4.39. The lowest BCUT2D eigenvalue weighted by Crippen LogP contribution is -2.53. The molecule has 28 heavy (non-hydrogen) atoms. The number of carbonyl (C=O) groups excluding carboxylic acids is 1. The van der Waals surface area contributed by atoms with Crippen molar-refractivity contribution in [2.75, 3.05) is 19.8 Å². The Morgan fingerprint density at radius 1 is 1.36 bits per heavy atom. The number of nitrogens with zero attached hydrogens (tertiary/aromatic N) is 2. The summed E-state index contributed by atoms with van der Waals surface area (Å²) in [5.41, 5.74) is 0.682. The number of pyridine rings is 1.